The molecule has 0 spiro atoms. The lowest BCUT2D eigenvalue weighted by molar-refractivity contribution is -0.121. The van der Waals surface area contributed by atoms with Gasteiger partial charge in [0.05, 0.1) is 22.5 Å². The summed E-state index contributed by atoms with van der Waals surface area (Å²) in [5.41, 5.74) is 7.23. The molecule has 0 bridgehead atoms. The SMILES string of the molecule is CC(C)CS(=O)(=O)c1cc(N)cc(-c2cnc(NC(C)C)c(=O)n2CC(=O)NCc2ccc(C(=N)NC(=O)O)cc2)c1. The molecule has 0 saturated carbocycles. The minimum absolute atomic E-state index is 0.00844. The number of carboxylic acid groups (broad SMARTS) is 1. The van der Waals surface area contributed by atoms with E-state index in [0.29, 0.717) is 16.7 Å². The second kappa shape index (κ2) is 13.3. The first-order valence-corrected chi connectivity index (χ1v) is 14.8. The molecule has 0 aliphatic heterocycles. The first-order valence-electron chi connectivity index (χ1n) is 13.1. The van der Waals surface area contributed by atoms with Crippen molar-refractivity contribution in [3.63, 3.8) is 0 Å². The third-order valence-corrected chi connectivity index (χ3v) is 7.94. The molecule has 3 rings (SSSR count). The highest BCUT2D eigenvalue weighted by Gasteiger charge is 2.21. The number of rotatable bonds is 11. The molecular formula is C28H35N7O6S. The van der Waals surface area contributed by atoms with Crippen molar-refractivity contribution < 1.29 is 23.1 Å². The third kappa shape index (κ3) is 8.39. The zero-order chi connectivity index (χ0) is 31.2. The summed E-state index contributed by atoms with van der Waals surface area (Å²) >= 11 is 0. The van der Waals surface area contributed by atoms with Gasteiger partial charge in [0.25, 0.3) is 5.56 Å². The lowest BCUT2D eigenvalue weighted by atomic mass is 10.1. The molecule has 224 valence electrons. The quantitative estimate of drug-likeness (QED) is 0.109. The largest absolute Gasteiger partial charge is 0.465 e. The molecule has 7 N–H and O–H groups in total. The summed E-state index contributed by atoms with van der Waals surface area (Å²) in [6, 6.07) is 10.5. The van der Waals surface area contributed by atoms with Crippen LogP contribution in [0.15, 0.2) is 58.4 Å². The van der Waals surface area contributed by atoms with Crippen molar-refractivity contribution in [1.82, 2.24) is 20.2 Å². The number of carbonyl (C=O) groups is 2. The van der Waals surface area contributed by atoms with Gasteiger partial charge in [-0.2, -0.15) is 0 Å². The number of carbonyl (C=O) groups excluding carboxylic acids is 1. The van der Waals surface area contributed by atoms with E-state index in [2.05, 4.69) is 15.6 Å². The summed E-state index contributed by atoms with van der Waals surface area (Å²) in [7, 11) is -3.66. The maximum atomic E-state index is 13.4. The average molecular weight is 598 g/mol. The number of hydrogen-bond acceptors (Lipinski definition) is 9. The van der Waals surface area contributed by atoms with Gasteiger partial charge in [-0.3, -0.25) is 24.9 Å². The van der Waals surface area contributed by atoms with Gasteiger partial charge in [0.2, 0.25) is 5.91 Å². The Balaban J connectivity index is 1.92. The molecule has 0 fully saturated rings. The van der Waals surface area contributed by atoms with Crippen molar-refractivity contribution in [3.8, 4) is 11.3 Å². The number of nitrogens with two attached hydrogens (primary N) is 1. The Hall–Kier alpha value is -4.72. The fourth-order valence-corrected chi connectivity index (χ4v) is 5.79. The smallest absolute Gasteiger partial charge is 0.410 e. The van der Waals surface area contributed by atoms with Crippen LogP contribution >= 0.6 is 0 Å². The van der Waals surface area contributed by atoms with Crippen molar-refractivity contribution >= 4 is 39.2 Å². The van der Waals surface area contributed by atoms with E-state index >= 15 is 0 Å². The molecule has 0 saturated heterocycles. The highest BCUT2D eigenvalue weighted by Crippen LogP contribution is 2.27. The molecule has 3 aromatic rings. The molecule has 2 aromatic carbocycles. The average Bonchev–Trinajstić information content (AvgIpc) is 2.88. The van der Waals surface area contributed by atoms with Crippen molar-refractivity contribution in [2.24, 2.45) is 5.92 Å². The van der Waals surface area contributed by atoms with E-state index in [1.807, 2.05) is 19.2 Å². The Bertz CT molecular complexity index is 1650. The maximum absolute atomic E-state index is 13.4. The highest BCUT2D eigenvalue weighted by atomic mass is 32.2. The van der Waals surface area contributed by atoms with E-state index in [0.717, 1.165) is 0 Å². The lowest BCUT2D eigenvalue weighted by Crippen LogP contribution is -2.35. The Kier molecular flexibility index (Phi) is 10.1. The van der Waals surface area contributed by atoms with Crippen LogP contribution in [0.3, 0.4) is 0 Å². The molecule has 0 aliphatic carbocycles. The number of nitrogen functional groups attached to an aromatic ring is 1. The molecule has 2 amide bonds. The summed E-state index contributed by atoms with van der Waals surface area (Å²) in [6.45, 7) is 6.96. The predicted octanol–water partition coefficient (Wildman–Crippen LogP) is 2.65. The summed E-state index contributed by atoms with van der Waals surface area (Å²) < 4.78 is 27.1. The Morgan fingerprint density at radius 1 is 1.10 bits per heavy atom. The third-order valence-electron chi connectivity index (χ3n) is 5.88. The Morgan fingerprint density at radius 3 is 2.36 bits per heavy atom. The van der Waals surface area contributed by atoms with Crippen molar-refractivity contribution in [2.75, 3.05) is 16.8 Å². The van der Waals surface area contributed by atoms with Gasteiger partial charge in [-0.05, 0) is 43.5 Å². The predicted molar refractivity (Wildman–Crippen MR) is 160 cm³/mol. The van der Waals surface area contributed by atoms with E-state index in [-0.39, 0.29) is 52.2 Å². The minimum Gasteiger partial charge on any atom is -0.465 e. The van der Waals surface area contributed by atoms with Gasteiger partial charge in [-0.25, -0.2) is 18.2 Å². The van der Waals surface area contributed by atoms with Crippen LogP contribution in [-0.4, -0.2) is 52.7 Å². The maximum Gasteiger partial charge on any atom is 0.410 e. The molecular weight excluding hydrogens is 562 g/mol. The van der Waals surface area contributed by atoms with Crippen LogP contribution in [0, 0.1) is 11.3 Å². The molecule has 0 unspecified atom stereocenters. The first-order chi connectivity index (χ1) is 19.7. The van der Waals surface area contributed by atoms with Crippen LogP contribution in [0.25, 0.3) is 11.3 Å². The normalized spacial score (nSPS) is 11.4. The van der Waals surface area contributed by atoms with Crippen LogP contribution in [0.1, 0.15) is 38.8 Å². The topological polar surface area (TPSA) is 209 Å². The highest BCUT2D eigenvalue weighted by molar-refractivity contribution is 7.91. The zero-order valence-corrected chi connectivity index (χ0v) is 24.6. The van der Waals surface area contributed by atoms with Crippen LogP contribution in [0.2, 0.25) is 0 Å². The fraction of sp³-hybridized carbons (Fsp3) is 0.321. The van der Waals surface area contributed by atoms with Crippen LogP contribution < -0.4 is 27.2 Å². The molecule has 0 atom stereocenters. The van der Waals surface area contributed by atoms with Crippen LogP contribution in [0.5, 0.6) is 0 Å². The summed E-state index contributed by atoms with van der Waals surface area (Å²) in [5.74, 6) is -0.949. The second-order valence-electron chi connectivity index (χ2n) is 10.4. The van der Waals surface area contributed by atoms with Crippen molar-refractivity contribution in [2.45, 2.75) is 51.7 Å². The number of benzene rings is 2. The van der Waals surface area contributed by atoms with Gasteiger partial charge in [0.15, 0.2) is 15.7 Å². The number of aromatic nitrogens is 2. The van der Waals surface area contributed by atoms with E-state index in [9.17, 15) is 22.8 Å². The van der Waals surface area contributed by atoms with Crippen molar-refractivity contribution in [3.05, 3.63) is 70.1 Å². The standard InChI is InChI=1S/C28H35N7O6S/c1-16(2)15-42(40,41)22-10-20(9-21(29)11-22)23-13-32-26(33-17(3)4)27(37)35(23)14-24(36)31-12-18-5-7-19(8-6-18)25(30)34-28(38)39/h5-11,13,16-17H,12,14-15,29H2,1-4H3,(H2,30,34)(H,31,36)(H,32,33)(H,38,39). The number of sulfone groups is 1. The summed E-state index contributed by atoms with van der Waals surface area (Å²) in [5, 5.41) is 24.2. The van der Waals surface area contributed by atoms with Gasteiger partial charge >= 0.3 is 6.09 Å². The van der Waals surface area contributed by atoms with Crippen molar-refractivity contribution in [1.29, 1.82) is 5.41 Å². The summed E-state index contributed by atoms with van der Waals surface area (Å²) in [4.78, 5) is 41.5. The van der Waals surface area contributed by atoms with Gasteiger partial charge in [0, 0.05) is 29.4 Å². The molecule has 14 heteroatoms. The minimum atomic E-state index is -3.66. The number of amidine groups is 1. The van der Waals surface area contributed by atoms with Gasteiger partial charge in [0.1, 0.15) is 12.4 Å². The molecule has 1 heterocycles. The fourth-order valence-electron chi connectivity index (χ4n) is 4.10. The lowest BCUT2D eigenvalue weighted by Gasteiger charge is -2.17. The zero-order valence-electron chi connectivity index (χ0n) is 23.8. The number of hydrogen-bond donors (Lipinski definition) is 6. The van der Waals surface area contributed by atoms with E-state index < -0.39 is 33.9 Å². The molecule has 0 aliphatic rings. The van der Waals surface area contributed by atoms with Crippen LogP contribution in [-0.2, 0) is 27.7 Å². The molecule has 1 aromatic heterocycles. The molecule has 13 nitrogen and oxygen atoms in total. The van der Waals surface area contributed by atoms with Crippen LogP contribution in [0.4, 0.5) is 16.3 Å². The number of amides is 2. The van der Waals surface area contributed by atoms with E-state index in [1.54, 1.807) is 38.1 Å². The monoisotopic (exact) mass is 597 g/mol. The molecule has 42 heavy (non-hydrogen) atoms. The number of nitrogens with one attached hydrogen (secondary N) is 4. The van der Waals surface area contributed by atoms with Gasteiger partial charge in [-0.1, -0.05) is 38.1 Å². The Morgan fingerprint density at radius 2 is 1.76 bits per heavy atom. The first kappa shape index (κ1) is 31.8. The van der Waals surface area contributed by atoms with Gasteiger partial charge in [-0.15, -0.1) is 0 Å². The number of anilines is 2. The second-order valence-corrected chi connectivity index (χ2v) is 12.5. The van der Waals surface area contributed by atoms with E-state index in [4.69, 9.17) is 16.2 Å². The molecule has 0 radical (unpaired) electrons. The summed E-state index contributed by atoms with van der Waals surface area (Å²) in [6.07, 6.45) is 0.0478. The Labute approximate surface area is 243 Å². The number of nitrogens with zero attached hydrogens (tertiary/aromatic N) is 2. The van der Waals surface area contributed by atoms with Gasteiger partial charge < -0.3 is 21.5 Å². The van der Waals surface area contributed by atoms with E-state index in [1.165, 1.54) is 29.0 Å².